The number of hydrogen-bond acceptors (Lipinski definition) is 2. The van der Waals surface area contributed by atoms with Gasteiger partial charge in [-0.15, -0.1) is 0 Å². The number of piperidine rings is 1. The molecule has 1 atom stereocenters. The maximum Gasteiger partial charge on any atom is 0.320 e. The van der Waals surface area contributed by atoms with Crippen LogP contribution in [0.15, 0.2) is 11.6 Å². The first-order valence-corrected chi connectivity index (χ1v) is 7.75. The van der Waals surface area contributed by atoms with Crippen molar-refractivity contribution < 1.29 is 14.7 Å². The summed E-state index contributed by atoms with van der Waals surface area (Å²) >= 11 is 0. The van der Waals surface area contributed by atoms with Gasteiger partial charge in [-0.05, 0) is 24.7 Å². The Kier molecular flexibility index (Phi) is 4.59. The van der Waals surface area contributed by atoms with Crippen LogP contribution in [0.4, 0.5) is 4.79 Å². The second-order valence-electron chi connectivity index (χ2n) is 7.08. The van der Waals surface area contributed by atoms with E-state index in [0.29, 0.717) is 26.1 Å². The Bertz CT molecular complexity index is 451. The Morgan fingerprint density at radius 2 is 1.95 bits per heavy atom. The number of carbonyl (C=O) groups is 2. The highest BCUT2D eigenvalue weighted by Crippen LogP contribution is 2.30. The fourth-order valence-corrected chi connectivity index (χ4v) is 3.08. The number of carbonyl (C=O) groups excluding carboxylic acids is 1. The van der Waals surface area contributed by atoms with Crippen LogP contribution < -0.4 is 0 Å². The SMILES string of the molecule is CC(C)(C)C1=CCN(C(=O)N2CCCC(C(=O)O)C2)CC1. The van der Waals surface area contributed by atoms with E-state index >= 15 is 0 Å². The van der Waals surface area contributed by atoms with Crippen LogP contribution in [0.5, 0.6) is 0 Å². The molecule has 1 saturated heterocycles. The summed E-state index contributed by atoms with van der Waals surface area (Å²) in [6, 6.07) is -0.00911. The Balaban J connectivity index is 1.96. The van der Waals surface area contributed by atoms with Gasteiger partial charge in [-0.3, -0.25) is 4.79 Å². The monoisotopic (exact) mass is 294 g/mol. The number of likely N-dealkylation sites (tertiary alicyclic amines) is 1. The van der Waals surface area contributed by atoms with Crippen LogP contribution in [-0.4, -0.2) is 53.1 Å². The zero-order valence-corrected chi connectivity index (χ0v) is 13.3. The summed E-state index contributed by atoms with van der Waals surface area (Å²) in [6.07, 6.45) is 4.51. The van der Waals surface area contributed by atoms with Gasteiger partial charge in [0.05, 0.1) is 5.92 Å². The minimum absolute atomic E-state index is 0.00911. The molecule has 21 heavy (non-hydrogen) atoms. The maximum absolute atomic E-state index is 12.5. The average Bonchev–Trinajstić information content (AvgIpc) is 2.46. The van der Waals surface area contributed by atoms with E-state index in [9.17, 15) is 9.59 Å². The molecule has 0 saturated carbocycles. The fraction of sp³-hybridized carbons (Fsp3) is 0.750. The molecule has 0 aromatic heterocycles. The normalized spacial score (nSPS) is 23.8. The molecule has 1 unspecified atom stereocenters. The highest BCUT2D eigenvalue weighted by atomic mass is 16.4. The smallest absolute Gasteiger partial charge is 0.320 e. The summed E-state index contributed by atoms with van der Waals surface area (Å²) in [5.41, 5.74) is 1.56. The third-order valence-electron chi connectivity index (χ3n) is 4.48. The number of rotatable bonds is 1. The molecule has 2 aliphatic rings. The summed E-state index contributed by atoms with van der Waals surface area (Å²) < 4.78 is 0. The van der Waals surface area contributed by atoms with E-state index in [1.807, 2.05) is 4.90 Å². The van der Waals surface area contributed by atoms with Crippen LogP contribution in [0.25, 0.3) is 0 Å². The van der Waals surface area contributed by atoms with Crippen molar-refractivity contribution in [3.8, 4) is 0 Å². The van der Waals surface area contributed by atoms with Crippen molar-refractivity contribution in [3.05, 3.63) is 11.6 Å². The lowest BCUT2D eigenvalue weighted by Gasteiger charge is -2.37. The van der Waals surface area contributed by atoms with Crippen molar-refractivity contribution in [2.24, 2.45) is 11.3 Å². The molecule has 1 N–H and O–H groups in total. The number of nitrogens with zero attached hydrogens (tertiary/aromatic N) is 2. The van der Waals surface area contributed by atoms with E-state index in [-0.39, 0.29) is 11.4 Å². The van der Waals surface area contributed by atoms with E-state index in [0.717, 1.165) is 19.4 Å². The summed E-state index contributed by atoms with van der Waals surface area (Å²) in [7, 11) is 0. The summed E-state index contributed by atoms with van der Waals surface area (Å²) in [4.78, 5) is 27.1. The van der Waals surface area contributed by atoms with Crippen LogP contribution in [0.2, 0.25) is 0 Å². The number of urea groups is 1. The van der Waals surface area contributed by atoms with Gasteiger partial charge in [0.25, 0.3) is 0 Å². The minimum atomic E-state index is -0.791. The predicted molar refractivity (Wildman–Crippen MR) is 81.1 cm³/mol. The number of hydrogen-bond donors (Lipinski definition) is 1. The molecule has 2 amide bonds. The largest absolute Gasteiger partial charge is 0.481 e. The molecule has 2 rings (SSSR count). The molecule has 1 fully saturated rings. The molecule has 0 radical (unpaired) electrons. The van der Waals surface area contributed by atoms with Crippen LogP contribution in [-0.2, 0) is 4.79 Å². The summed E-state index contributed by atoms with van der Waals surface area (Å²) in [5.74, 6) is -1.20. The molecule has 0 aromatic rings. The van der Waals surface area contributed by atoms with E-state index in [1.54, 1.807) is 4.90 Å². The van der Waals surface area contributed by atoms with E-state index in [2.05, 4.69) is 26.8 Å². The Morgan fingerprint density at radius 3 is 2.48 bits per heavy atom. The number of carboxylic acids is 1. The molecular formula is C16H26N2O3. The van der Waals surface area contributed by atoms with Gasteiger partial charge >= 0.3 is 12.0 Å². The van der Waals surface area contributed by atoms with Gasteiger partial charge in [0.15, 0.2) is 0 Å². The fourth-order valence-electron chi connectivity index (χ4n) is 3.08. The predicted octanol–water partition coefficient (Wildman–Crippen LogP) is 2.58. The first kappa shape index (κ1) is 15.9. The zero-order chi connectivity index (χ0) is 15.6. The van der Waals surface area contributed by atoms with Gasteiger partial charge in [0.1, 0.15) is 0 Å². The second-order valence-corrected chi connectivity index (χ2v) is 7.08. The van der Waals surface area contributed by atoms with Crippen molar-refractivity contribution in [1.82, 2.24) is 9.80 Å². The lowest BCUT2D eigenvalue weighted by Crippen LogP contribution is -2.50. The lowest BCUT2D eigenvalue weighted by molar-refractivity contribution is -0.143. The lowest BCUT2D eigenvalue weighted by atomic mass is 9.83. The van der Waals surface area contributed by atoms with Crippen LogP contribution in [0, 0.1) is 11.3 Å². The maximum atomic E-state index is 12.5. The number of aliphatic carboxylic acids is 1. The summed E-state index contributed by atoms with van der Waals surface area (Å²) in [6.45, 7) is 8.97. The van der Waals surface area contributed by atoms with E-state index < -0.39 is 11.9 Å². The molecule has 0 spiro atoms. The van der Waals surface area contributed by atoms with Gasteiger partial charge in [-0.1, -0.05) is 32.4 Å². The third-order valence-corrected chi connectivity index (χ3v) is 4.48. The molecular weight excluding hydrogens is 268 g/mol. The third kappa shape index (κ3) is 3.77. The Labute approximate surface area is 126 Å². The highest BCUT2D eigenvalue weighted by molar-refractivity contribution is 5.77. The van der Waals surface area contributed by atoms with E-state index in [4.69, 9.17) is 5.11 Å². The van der Waals surface area contributed by atoms with Crippen molar-refractivity contribution in [3.63, 3.8) is 0 Å². The zero-order valence-electron chi connectivity index (χ0n) is 13.3. The summed E-state index contributed by atoms with van der Waals surface area (Å²) in [5, 5.41) is 9.11. The Hall–Kier alpha value is -1.52. The van der Waals surface area contributed by atoms with E-state index in [1.165, 1.54) is 5.57 Å². The number of carboxylic acid groups (broad SMARTS) is 1. The van der Waals surface area contributed by atoms with Gasteiger partial charge < -0.3 is 14.9 Å². The van der Waals surface area contributed by atoms with Gasteiger partial charge in [0.2, 0.25) is 0 Å². The van der Waals surface area contributed by atoms with Crippen molar-refractivity contribution >= 4 is 12.0 Å². The highest BCUT2D eigenvalue weighted by Gasteiger charge is 2.31. The quantitative estimate of drug-likeness (QED) is 0.756. The van der Waals surface area contributed by atoms with Gasteiger partial charge in [-0.25, -0.2) is 4.79 Å². The molecule has 118 valence electrons. The molecule has 2 heterocycles. The van der Waals surface area contributed by atoms with Crippen LogP contribution in [0.3, 0.4) is 0 Å². The molecule has 0 aliphatic carbocycles. The average molecular weight is 294 g/mol. The standard InChI is InChI=1S/C16H26N2O3/c1-16(2,3)13-6-9-17(10-7-13)15(21)18-8-4-5-12(11-18)14(19)20/h6,12H,4-5,7-11H2,1-3H3,(H,19,20). The first-order chi connectivity index (χ1) is 9.79. The molecule has 0 bridgehead atoms. The van der Waals surface area contributed by atoms with Crippen molar-refractivity contribution in [2.45, 2.75) is 40.0 Å². The molecule has 5 heteroatoms. The topological polar surface area (TPSA) is 60.9 Å². The minimum Gasteiger partial charge on any atom is -0.481 e. The van der Waals surface area contributed by atoms with Crippen molar-refractivity contribution in [1.29, 1.82) is 0 Å². The molecule has 5 nitrogen and oxygen atoms in total. The van der Waals surface area contributed by atoms with Crippen LogP contribution >= 0.6 is 0 Å². The van der Waals surface area contributed by atoms with Crippen LogP contribution in [0.1, 0.15) is 40.0 Å². The first-order valence-electron chi connectivity index (χ1n) is 7.75. The number of amides is 2. The molecule has 0 aromatic carbocycles. The van der Waals surface area contributed by atoms with Gasteiger partial charge in [0, 0.05) is 26.2 Å². The van der Waals surface area contributed by atoms with Crippen molar-refractivity contribution in [2.75, 3.05) is 26.2 Å². The van der Waals surface area contributed by atoms with Gasteiger partial charge in [-0.2, -0.15) is 0 Å². The molecule has 2 aliphatic heterocycles. The Morgan fingerprint density at radius 1 is 1.24 bits per heavy atom. The second kappa shape index (κ2) is 6.08.